The van der Waals surface area contributed by atoms with E-state index in [0.717, 1.165) is 16.7 Å². The van der Waals surface area contributed by atoms with Crippen LogP contribution < -0.4 is 0 Å². The van der Waals surface area contributed by atoms with Gasteiger partial charge in [0.25, 0.3) is 0 Å². The summed E-state index contributed by atoms with van der Waals surface area (Å²) in [7, 11) is 0. The van der Waals surface area contributed by atoms with Crippen molar-refractivity contribution in [2.45, 2.75) is 50.5 Å². The van der Waals surface area contributed by atoms with Gasteiger partial charge in [-0.05, 0) is 16.7 Å². The number of aliphatic hydroxyl groups is 2. The topological polar surface area (TPSA) is 77.4 Å². The van der Waals surface area contributed by atoms with Gasteiger partial charge in [0.15, 0.2) is 6.29 Å². The molecule has 0 spiro atoms. The third kappa shape index (κ3) is 6.71. The van der Waals surface area contributed by atoms with E-state index < -0.39 is 30.7 Å². The van der Waals surface area contributed by atoms with Crippen LogP contribution in [0, 0.1) is 0 Å². The van der Waals surface area contributed by atoms with Crippen molar-refractivity contribution < 1.29 is 29.2 Å². The Kier molecular flexibility index (Phi) is 8.60. The molecule has 4 rings (SSSR count). The number of hydrogen-bond acceptors (Lipinski definition) is 6. The quantitative estimate of drug-likeness (QED) is 0.493. The first-order valence-electron chi connectivity index (χ1n) is 11.1. The third-order valence-corrected chi connectivity index (χ3v) is 5.60. The first kappa shape index (κ1) is 23.6. The fourth-order valence-corrected chi connectivity index (χ4v) is 3.81. The molecule has 1 saturated heterocycles. The second kappa shape index (κ2) is 12.0. The van der Waals surface area contributed by atoms with Crippen LogP contribution >= 0.6 is 0 Å². The van der Waals surface area contributed by atoms with Crippen LogP contribution in [0.1, 0.15) is 16.7 Å². The van der Waals surface area contributed by atoms with Crippen LogP contribution in [-0.4, -0.2) is 47.5 Å². The molecule has 33 heavy (non-hydrogen) atoms. The Balaban J connectivity index is 1.41. The van der Waals surface area contributed by atoms with Crippen LogP contribution in [-0.2, 0) is 38.8 Å². The first-order valence-corrected chi connectivity index (χ1v) is 11.1. The molecule has 1 fully saturated rings. The summed E-state index contributed by atoms with van der Waals surface area (Å²) >= 11 is 0. The minimum absolute atomic E-state index is 0.115. The predicted octanol–water partition coefficient (Wildman–Crippen LogP) is 3.45. The van der Waals surface area contributed by atoms with Gasteiger partial charge in [-0.15, -0.1) is 0 Å². The summed E-state index contributed by atoms with van der Waals surface area (Å²) in [4.78, 5) is 0. The van der Waals surface area contributed by atoms with E-state index in [-0.39, 0.29) is 19.8 Å². The average Bonchev–Trinajstić information content (AvgIpc) is 2.86. The molecule has 1 unspecified atom stereocenters. The van der Waals surface area contributed by atoms with Gasteiger partial charge >= 0.3 is 0 Å². The molecule has 0 radical (unpaired) electrons. The summed E-state index contributed by atoms with van der Waals surface area (Å²) in [5.41, 5.74) is 2.93. The zero-order chi connectivity index (χ0) is 22.9. The molecule has 0 bridgehead atoms. The van der Waals surface area contributed by atoms with Gasteiger partial charge in [0.05, 0.1) is 26.4 Å². The van der Waals surface area contributed by atoms with E-state index in [9.17, 15) is 10.2 Å². The lowest BCUT2D eigenvalue weighted by molar-refractivity contribution is -0.309. The van der Waals surface area contributed by atoms with Crippen LogP contribution in [0.5, 0.6) is 0 Å². The molecule has 0 aliphatic carbocycles. The van der Waals surface area contributed by atoms with Gasteiger partial charge < -0.3 is 29.2 Å². The van der Waals surface area contributed by atoms with Gasteiger partial charge in [0.1, 0.15) is 24.4 Å². The molecule has 2 N–H and O–H groups in total. The van der Waals surface area contributed by atoms with Crippen molar-refractivity contribution in [3.8, 4) is 0 Å². The summed E-state index contributed by atoms with van der Waals surface area (Å²) in [6, 6.07) is 29.1. The minimum Gasteiger partial charge on any atom is -0.387 e. The zero-order valence-corrected chi connectivity index (χ0v) is 18.4. The Labute approximate surface area is 194 Å². The molecule has 1 aliphatic rings. The molecule has 0 saturated carbocycles. The highest BCUT2D eigenvalue weighted by atomic mass is 16.7. The van der Waals surface area contributed by atoms with Crippen molar-refractivity contribution in [1.29, 1.82) is 0 Å². The number of benzene rings is 3. The lowest BCUT2D eigenvalue weighted by atomic mass is 9.98. The Hall–Kier alpha value is -2.58. The van der Waals surface area contributed by atoms with E-state index in [4.69, 9.17) is 18.9 Å². The molecule has 1 aliphatic heterocycles. The summed E-state index contributed by atoms with van der Waals surface area (Å²) in [5, 5.41) is 21.8. The summed E-state index contributed by atoms with van der Waals surface area (Å²) in [6.45, 7) is 1.04. The average molecular weight is 451 g/mol. The van der Waals surface area contributed by atoms with Crippen molar-refractivity contribution in [2.24, 2.45) is 0 Å². The molecular weight excluding hydrogens is 420 g/mol. The number of ether oxygens (including phenoxy) is 4. The second-order valence-electron chi connectivity index (χ2n) is 8.08. The molecule has 5 atom stereocenters. The predicted molar refractivity (Wildman–Crippen MR) is 123 cm³/mol. The molecule has 0 amide bonds. The van der Waals surface area contributed by atoms with E-state index in [1.807, 2.05) is 91.0 Å². The lowest BCUT2D eigenvalue weighted by Crippen LogP contribution is -2.60. The van der Waals surface area contributed by atoms with E-state index in [2.05, 4.69) is 0 Å². The van der Waals surface area contributed by atoms with Gasteiger partial charge in [-0.25, -0.2) is 0 Å². The highest BCUT2D eigenvalue weighted by Gasteiger charge is 2.46. The molecule has 6 heteroatoms. The smallest absolute Gasteiger partial charge is 0.184 e. The standard InChI is InChI=1S/C27H30O6/c28-24-23(19-30-16-20-10-4-1-5-11-20)33-27(29)26(32-18-22-14-8-3-9-15-22)25(24)31-17-21-12-6-2-7-13-21/h1-15,23-29H,16-19H2/t23?,24-,25-,26+,27-/m1/s1. The molecule has 6 nitrogen and oxygen atoms in total. The molecule has 3 aromatic carbocycles. The molecule has 174 valence electrons. The van der Waals surface area contributed by atoms with Crippen LogP contribution in [0.2, 0.25) is 0 Å². The van der Waals surface area contributed by atoms with Crippen LogP contribution in [0.4, 0.5) is 0 Å². The number of hydrogen-bond donors (Lipinski definition) is 2. The zero-order valence-electron chi connectivity index (χ0n) is 18.4. The maximum Gasteiger partial charge on any atom is 0.184 e. The molecule has 3 aromatic rings. The van der Waals surface area contributed by atoms with Crippen molar-refractivity contribution >= 4 is 0 Å². The van der Waals surface area contributed by atoms with E-state index in [1.165, 1.54) is 0 Å². The van der Waals surface area contributed by atoms with Gasteiger partial charge in [-0.3, -0.25) is 0 Å². The highest BCUT2D eigenvalue weighted by molar-refractivity contribution is 5.15. The first-order chi connectivity index (χ1) is 16.2. The van der Waals surface area contributed by atoms with Crippen molar-refractivity contribution in [1.82, 2.24) is 0 Å². The Morgan fingerprint density at radius 3 is 1.58 bits per heavy atom. The molecule has 1 heterocycles. The SMILES string of the molecule is O[C@@H]1OC(COCc2ccccc2)[C@@H](O)[C@@H](OCc2ccccc2)[C@@H]1OCc1ccccc1. The molecular formula is C27H30O6. The Bertz CT molecular complexity index is 937. The van der Waals surface area contributed by atoms with Gasteiger partial charge in [-0.2, -0.15) is 0 Å². The van der Waals surface area contributed by atoms with E-state index in [0.29, 0.717) is 6.61 Å². The maximum absolute atomic E-state index is 11.1. The number of rotatable bonds is 10. The monoisotopic (exact) mass is 450 g/mol. The largest absolute Gasteiger partial charge is 0.387 e. The highest BCUT2D eigenvalue weighted by Crippen LogP contribution is 2.27. The van der Waals surface area contributed by atoms with Crippen molar-refractivity contribution in [2.75, 3.05) is 6.61 Å². The molecule has 0 aromatic heterocycles. The van der Waals surface area contributed by atoms with E-state index >= 15 is 0 Å². The summed E-state index contributed by atoms with van der Waals surface area (Å²) < 4.78 is 23.5. The van der Waals surface area contributed by atoms with E-state index in [1.54, 1.807) is 0 Å². The van der Waals surface area contributed by atoms with Crippen LogP contribution in [0.25, 0.3) is 0 Å². The second-order valence-corrected chi connectivity index (χ2v) is 8.08. The van der Waals surface area contributed by atoms with Gasteiger partial charge in [-0.1, -0.05) is 91.0 Å². The van der Waals surface area contributed by atoms with Gasteiger partial charge in [0.2, 0.25) is 0 Å². The Morgan fingerprint density at radius 2 is 1.06 bits per heavy atom. The number of aliphatic hydroxyl groups excluding tert-OH is 2. The van der Waals surface area contributed by atoms with Crippen LogP contribution in [0.15, 0.2) is 91.0 Å². The fraction of sp³-hybridized carbons (Fsp3) is 0.333. The van der Waals surface area contributed by atoms with Crippen molar-refractivity contribution in [3.63, 3.8) is 0 Å². The summed E-state index contributed by atoms with van der Waals surface area (Å²) in [6.07, 6.45) is -4.68. The normalized spacial score (nSPS) is 25.1. The maximum atomic E-state index is 11.1. The lowest BCUT2D eigenvalue weighted by Gasteiger charge is -2.42. The van der Waals surface area contributed by atoms with Gasteiger partial charge in [0, 0.05) is 0 Å². The Morgan fingerprint density at radius 1 is 0.606 bits per heavy atom. The fourth-order valence-electron chi connectivity index (χ4n) is 3.81. The third-order valence-electron chi connectivity index (χ3n) is 5.60. The van der Waals surface area contributed by atoms with Crippen molar-refractivity contribution in [3.05, 3.63) is 108 Å². The minimum atomic E-state index is -1.26. The summed E-state index contributed by atoms with van der Waals surface area (Å²) in [5.74, 6) is 0. The van der Waals surface area contributed by atoms with Crippen LogP contribution in [0.3, 0.4) is 0 Å².